The number of amides is 3. The molecule has 2 aliphatic rings. The number of sulfonamides is 1. The van der Waals surface area contributed by atoms with Gasteiger partial charge in [-0.15, -0.1) is 0 Å². The maximum Gasteiger partial charge on any atom is 0.324 e. The molecule has 23 heavy (non-hydrogen) atoms. The van der Waals surface area contributed by atoms with Crippen LogP contribution in [0.2, 0.25) is 0 Å². The number of hydrogen-bond acceptors (Lipinski definition) is 5. The van der Waals surface area contributed by atoms with Crippen LogP contribution in [-0.2, 0) is 14.8 Å². The summed E-state index contributed by atoms with van der Waals surface area (Å²) in [6.07, 6.45) is 0. The van der Waals surface area contributed by atoms with Gasteiger partial charge in [0.05, 0.1) is 24.6 Å². The zero-order valence-electron chi connectivity index (χ0n) is 12.2. The van der Waals surface area contributed by atoms with E-state index in [2.05, 4.69) is 5.32 Å². The smallest absolute Gasteiger partial charge is 0.324 e. The first-order valence-electron chi connectivity index (χ1n) is 6.78. The van der Waals surface area contributed by atoms with Crippen molar-refractivity contribution in [3.63, 3.8) is 0 Å². The second kappa shape index (κ2) is 5.46. The van der Waals surface area contributed by atoms with Crippen molar-refractivity contribution in [3.05, 3.63) is 24.0 Å². The third-order valence-electron chi connectivity index (χ3n) is 3.83. The minimum absolute atomic E-state index is 0.00482. The highest BCUT2D eigenvalue weighted by molar-refractivity contribution is 7.89. The summed E-state index contributed by atoms with van der Waals surface area (Å²) in [5.41, 5.74) is 0. The molecule has 2 fully saturated rings. The Kier molecular flexibility index (Phi) is 3.72. The fourth-order valence-electron chi connectivity index (χ4n) is 2.54. The summed E-state index contributed by atoms with van der Waals surface area (Å²) in [4.78, 5) is 23.9. The molecule has 124 valence electrons. The number of benzene rings is 1. The molecule has 2 aliphatic heterocycles. The molecule has 0 aromatic heterocycles. The molecular weight excluding hydrogens is 329 g/mol. The van der Waals surface area contributed by atoms with Crippen molar-refractivity contribution < 1.29 is 27.1 Å². The summed E-state index contributed by atoms with van der Waals surface area (Å²) in [5, 5.41) is 2.38. The van der Waals surface area contributed by atoms with Gasteiger partial charge in [0.1, 0.15) is 0 Å². The molecule has 0 aliphatic carbocycles. The number of halogens is 1. The lowest BCUT2D eigenvalue weighted by atomic mass is 10.1. The highest BCUT2D eigenvalue weighted by Gasteiger charge is 2.45. The van der Waals surface area contributed by atoms with Crippen molar-refractivity contribution in [3.8, 4) is 5.75 Å². The van der Waals surface area contributed by atoms with Crippen LogP contribution in [-0.4, -0.2) is 62.3 Å². The zero-order valence-corrected chi connectivity index (χ0v) is 13.0. The van der Waals surface area contributed by atoms with Crippen LogP contribution in [0.5, 0.6) is 5.75 Å². The van der Waals surface area contributed by atoms with Crippen LogP contribution in [0, 0.1) is 5.82 Å². The second-order valence-corrected chi connectivity index (χ2v) is 7.13. The number of methoxy groups -OCH3 is 1. The van der Waals surface area contributed by atoms with Gasteiger partial charge >= 0.3 is 6.03 Å². The van der Waals surface area contributed by atoms with Crippen LogP contribution in [0.4, 0.5) is 9.18 Å². The first-order valence-corrected chi connectivity index (χ1v) is 8.22. The Morgan fingerprint density at radius 1 is 1.30 bits per heavy atom. The molecule has 2 saturated heterocycles. The van der Waals surface area contributed by atoms with Gasteiger partial charge in [0.25, 0.3) is 0 Å². The number of ether oxygens (including phenoxy) is 1. The van der Waals surface area contributed by atoms with E-state index in [1.165, 1.54) is 19.2 Å². The van der Waals surface area contributed by atoms with E-state index in [4.69, 9.17) is 4.74 Å². The number of carbonyl (C=O) groups excluding carboxylic acids is 2. The summed E-state index contributed by atoms with van der Waals surface area (Å²) >= 11 is 0. The number of urea groups is 1. The Morgan fingerprint density at radius 2 is 2.00 bits per heavy atom. The van der Waals surface area contributed by atoms with Gasteiger partial charge in [-0.1, -0.05) is 0 Å². The van der Waals surface area contributed by atoms with Crippen molar-refractivity contribution in [2.24, 2.45) is 0 Å². The lowest BCUT2D eigenvalue weighted by molar-refractivity contribution is -0.128. The van der Waals surface area contributed by atoms with E-state index >= 15 is 0 Å². The normalized spacial score (nSPS) is 19.7. The highest BCUT2D eigenvalue weighted by Crippen LogP contribution is 2.28. The minimum atomic E-state index is -3.88. The molecule has 1 N–H and O–H groups in total. The van der Waals surface area contributed by atoms with Gasteiger partial charge in [0, 0.05) is 13.1 Å². The molecule has 1 aromatic carbocycles. The van der Waals surface area contributed by atoms with Crippen LogP contribution < -0.4 is 10.1 Å². The molecule has 10 heteroatoms. The molecular formula is C13H14FN3O5S. The molecule has 8 nitrogen and oxygen atoms in total. The molecule has 1 aromatic rings. The lowest BCUT2D eigenvalue weighted by Gasteiger charge is -2.41. The molecule has 0 saturated carbocycles. The number of imide groups is 1. The van der Waals surface area contributed by atoms with Gasteiger partial charge in [-0.25, -0.2) is 17.6 Å². The molecule has 0 atom stereocenters. The van der Waals surface area contributed by atoms with E-state index in [-0.39, 0.29) is 36.2 Å². The van der Waals surface area contributed by atoms with Crippen molar-refractivity contribution in [1.29, 1.82) is 0 Å². The highest BCUT2D eigenvalue weighted by atomic mass is 32.2. The first kappa shape index (κ1) is 15.7. The standard InChI is InChI=1S/C13H14FN3O5S/c1-22-11-3-2-9(4-10(11)14)23(20,21)16-6-8(7-16)17-12(18)5-15-13(17)19/h2-4,8H,5-7H2,1H3,(H,15,19). The Balaban J connectivity index is 1.74. The third-order valence-corrected chi connectivity index (χ3v) is 5.66. The van der Waals surface area contributed by atoms with Crippen molar-refractivity contribution >= 4 is 22.0 Å². The SMILES string of the molecule is COc1ccc(S(=O)(=O)N2CC(N3C(=O)CNC3=O)C2)cc1F. The topological polar surface area (TPSA) is 96.0 Å². The number of nitrogens with zero attached hydrogens (tertiary/aromatic N) is 2. The summed E-state index contributed by atoms with van der Waals surface area (Å²) in [6, 6.07) is 2.35. The van der Waals surface area contributed by atoms with E-state index in [0.717, 1.165) is 15.3 Å². The third kappa shape index (κ3) is 2.53. The minimum Gasteiger partial charge on any atom is -0.494 e. The van der Waals surface area contributed by atoms with Crippen LogP contribution in [0.3, 0.4) is 0 Å². The molecule has 2 heterocycles. The molecule has 0 radical (unpaired) electrons. The van der Waals surface area contributed by atoms with E-state index < -0.39 is 27.9 Å². The van der Waals surface area contributed by atoms with Gasteiger partial charge < -0.3 is 10.1 Å². The fraction of sp³-hybridized carbons (Fsp3) is 0.385. The summed E-state index contributed by atoms with van der Waals surface area (Å²) in [7, 11) is -2.60. The van der Waals surface area contributed by atoms with Crippen molar-refractivity contribution in [2.75, 3.05) is 26.7 Å². The van der Waals surface area contributed by atoms with Gasteiger partial charge in [-0.3, -0.25) is 9.69 Å². The Labute approximate surface area is 131 Å². The van der Waals surface area contributed by atoms with E-state index in [1.807, 2.05) is 0 Å². The largest absolute Gasteiger partial charge is 0.494 e. The quantitative estimate of drug-likeness (QED) is 0.761. The molecule has 0 unspecified atom stereocenters. The monoisotopic (exact) mass is 343 g/mol. The Hall–Kier alpha value is -2.20. The van der Waals surface area contributed by atoms with Gasteiger partial charge in [-0.05, 0) is 18.2 Å². The van der Waals surface area contributed by atoms with E-state index in [0.29, 0.717) is 0 Å². The number of hydrogen-bond donors (Lipinski definition) is 1. The fourth-order valence-corrected chi connectivity index (χ4v) is 4.06. The summed E-state index contributed by atoms with van der Waals surface area (Å²) < 4.78 is 44.3. The first-order chi connectivity index (χ1) is 10.8. The average molecular weight is 343 g/mol. The number of nitrogens with one attached hydrogen (secondary N) is 1. The maximum absolute atomic E-state index is 13.7. The summed E-state index contributed by atoms with van der Waals surface area (Å²) in [6.45, 7) is -0.0872. The average Bonchev–Trinajstić information content (AvgIpc) is 2.77. The Morgan fingerprint density at radius 3 is 2.52 bits per heavy atom. The van der Waals surface area contributed by atoms with Crippen LogP contribution in [0.1, 0.15) is 0 Å². The molecule has 3 rings (SSSR count). The molecule has 0 bridgehead atoms. The van der Waals surface area contributed by atoms with Gasteiger partial charge in [-0.2, -0.15) is 4.31 Å². The number of carbonyl (C=O) groups is 2. The van der Waals surface area contributed by atoms with Crippen LogP contribution in [0.15, 0.2) is 23.1 Å². The Bertz CT molecular complexity index is 760. The van der Waals surface area contributed by atoms with Crippen molar-refractivity contribution in [1.82, 2.24) is 14.5 Å². The lowest BCUT2D eigenvalue weighted by Crippen LogP contribution is -2.62. The van der Waals surface area contributed by atoms with Gasteiger partial charge in [0.15, 0.2) is 11.6 Å². The zero-order chi connectivity index (χ0) is 16.8. The second-order valence-electron chi connectivity index (χ2n) is 5.19. The van der Waals surface area contributed by atoms with Crippen molar-refractivity contribution in [2.45, 2.75) is 10.9 Å². The van der Waals surface area contributed by atoms with E-state index in [9.17, 15) is 22.4 Å². The predicted molar refractivity (Wildman–Crippen MR) is 75.7 cm³/mol. The number of rotatable bonds is 4. The van der Waals surface area contributed by atoms with Crippen LogP contribution in [0.25, 0.3) is 0 Å². The predicted octanol–water partition coefficient (Wildman–Crippen LogP) is -0.241. The van der Waals surface area contributed by atoms with E-state index in [1.54, 1.807) is 0 Å². The summed E-state index contributed by atoms with van der Waals surface area (Å²) in [5.74, 6) is -1.21. The van der Waals surface area contributed by atoms with Crippen LogP contribution >= 0.6 is 0 Å². The molecule has 0 spiro atoms. The van der Waals surface area contributed by atoms with Gasteiger partial charge in [0.2, 0.25) is 15.9 Å². The maximum atomic E-state index is 13.7. The molecule has 3 amide bonds.